The van der Waals surface area contributed by atoms with Crippen LogP contribution < -0.4 is 4.74 Å². The van der Waals surface area contributed by atoms with Crippen LogP contribution in [0.3, 0.4) is 0 Å². The Morgan fingerprint density at radius 2 is 2.00 bits per heavy atom. The Morgan fingerprint density at radius 3 is 2.59 bits per heavy atom. The molecule has 0 saturated carbocycles. The van der Waals surface area contributed by atoms with Crippen molar-refractivity contribution in [3.05, 3.63) is 29.8 Å². The van der Waals surface area contributed by atoms with Crippen molar-refractivity contribution >= 4 is 12.4 Å². The summed E-state index contributed by atoms with van der Waals surface area (Å²) in [5.41, 5.74) is 0.860. The van der Waals surface area contributed by atoms with E-state index in [2.05, 4.69) is 9.73 Å². The Kier molecular flexibility index (Phi) is 3.27. The Balaban J connectivity index is 2.18. The van der Waals surface area contributed by atoms with Crippen molar-refractivity contribution in [1.29, 1.82) is 0 Å². The van der Waals surface area contributed by atoms with E-state index in [1.165, 1.54) is 13.5 Å². The zero-order valence-electron chi connectivity index (χ0n) is 9.62. The second kappa shape index (κ2) is 4.86. The molecule has 0 aliphatic carbocycles. The van der Waals surface area contributed by atoms with Gasteiger partial charge in [-0.1, -0.05) is 12.1 Å². The minimum absolute atomic E-state index is 0.403. The van der Waals surface area contributed by atoms with Crippen LogP contribution in [0.2, 0.25) is 0 Å². The molecule has 2 atom stereocenters. The van der Waals surface area contributed by atoms with Crippen LogP contribution in [-0.2, 0) is 14.3 Å². The lowest BCUT2D eigenvalue weighted by atomic mass is 10.0. The first kappa shape index (κ1) is 11.4. The van der Waals surface area contributed by atoms with Crippen LogP contribution in [-0.4, -0.2) is 32.6 Å². The number of carbonyl (C=O) groups is 1. The van der Waals surface area contributed by atoms with Gasteiger partial charge in [-0.15, -0.1) is 0 Å². The third kappa shape index (κ3) is 2.22. The van der Waals surface area contributed by atoms with Crippen LogP contribution in [0, 0.1) is 0 Å². The number of methoxy groups -OCH3 is 2. The van der Waals surface area contributed by atoms with Crippen molar-refractivity contribution < 1.29 is 19.0 Å². The van der Waals surface area contributed by atoms with Gasteiger partial charge in [0, 0.05) is 0 Å². The number of carbonyl (C=O) groups excluding carboxylic acids is 1. The van der Waals surface area contributed by atoms with E-state index in [1.54, 1.807) is 7.11 Å². The molecule has 2 rings (SSSR count). The summed E-state index contributed by atoms with van der Waals surface area (Å²) < 4.78 is 15.1. The number of rotatable bonds is 3. The Bertz CT molecular complexity index is 427. The van der Waals surface area contributed by atoms with Gasteiger partial charge in [0.2, 0.25) is 0 Å². The van der Waals surface area contributed by atoms with E-state index in [1.807, 2.05) is 24.3 Å². The summed E-state index contributed by atoms with van der Waals surface area (Å²) in [7, 11) is 2.93. The van der Waals surface area contributed by atoms with Crippen molar-refractivity contribution in [2.75, 3.05) is 14.2 Å². The highest BCUT2D eigenvalue weighted by molar-refractivity contribution is 5.80. The Labute approximate surface area is 99.0 Å². The molecule has 0 radical (unpaired) electrons. The largest absolute Gasteiger partial charge is 0.497 e. The normalized spacial score (nSPS) is 22.0. The van der Waals surface area contributed by atoms with Gasteiger partial charge in [-0.05, 0) is 17.7 Å². The van der Waals surface area contributed by atoms with Gasteiger partial charge >= 0.3 is 5.97 Å². The molecule has 0 spiro atoms. The second-order valence-electron chi connectivity index (χ2n) is 3.55. The van der Waals surface area contributed by atoms with E-state index in [0.717, 1.165) is 11.3 Å². The quantitative estimate of drug-likeness (QED) is 0.742. The zero-order valence-corrected chi connectivity index (χ0v) is 9.62. The highest BCUT2D eigenvalue weighted by Gasteiger charge is 2.34. The van der Waals surface area contributed by atoms with E-state index in [9.17, 15) is 4.79 Å². The van der Waals surface area contributed by atoms with Gasteiger partial charge in [-0.3, -0.25) is 0 Å². The molecule has 0 saturated heterocycles. The molecule has 1 aromatic carbocycles. The molecule has 90 valence electrons. The summed E-state index contributed by atoms with van der Waals surface area (Å²) >= 11 is 0. The molecule has 1 aliphatic heterocycles. The van der Waals surface area contributed by atoms with Gasteiger partial charge in [0.25, 0.3) is 0 Å². The summed E-state index contributed by atoms with van der Waals surface area (Å²) in [5.74, 6) is 0.349. The molecule has 0 fully saturated rings. The number of benzene rings is 1. The third-order valence-corrected chi connectivity index (χ3v) is 2.60. The van der Waals surface area contributed by atoms with E-state index in [-0.39, 0.29) is 0 Å². The first-order chi connectivity index (χ1) is 8.26. The number of nitrogens with zero attached hydrogens (tertiary/aromatic N) is 1. The van der Waals surface area contributed by atoms with Gasteiger partial charge in [0.15, 0.2) is 18.5 Å². The standard InChI is InChI=1S/C12H13NO4/c1-15-9-5-3-8(4-6-9)11-10(12(14)16-2)13-7-17-11/h3-7,10-11H,1-2H3/t10-,11+/m1/s1. The zero-order chi connectivity index (χ0) is 12.3. The number of esters is 1. The van der Waals surface area contributed by atoms with Crippen LogP contribution >= 0.6 is 0 Å². The summed E-state index contributed by atoms with van der Waals surface area (Å²) in [4.78, 5) is 15.4. The predicted octanol–water partition coefficient (Wildman–Crippen LogP) is 1.34. The van der Waals surface area contributed by atoms with Gasteiger partial charge in [-0.25, -0.2) is 9.79 Å². The van der Waals surface area contributed by atoms with Crippen molar-refractivity contribution in [3.8, 4) is 5.75 Å². The molecule has 5 nitrogen and oxygen atoms in total. The van der Waals surface area contributed by atoms with Crippen molar-refractivity contribution in [1.82, 2.24) is 0 Å². The molecule has 5 heteroatoms. The average Bonchev–Trinajstić information content (AvgIpc) is 2.87. The topological polar surface area (TPSA) is 57.1 Å². The lowest BCUT2D eigenvalue weighted by molar-refractivity contribution is -0.143. The maximum Gasteiger partial charge on any atom is 0.334 e. The van der Waals surface area contributed by atoms with Crippen LogP contribution in [0.25, 0.3) is 0 Å². The Morgan fingerprint density at radius 1 is 1.29 bits per heavy atom. The third-order valence-electron chi connectivity index (χ3n) is 2.60. The van der Waals surface area contributed by atoms with E-state index in [0.29, 0.717) is 0 Å². The van der Waals surface area contributed by atoms with Gasteiger partial charge < -0.3 is 14.2 Å². The molecule has 0 unspecified atom stereocenters. The second-order valence-corrected chi connectivity index (χ2v) is 3.55. The molecule has 1 aliphatic rings. The summed E-state index contributed by atoms with van der Waals surface area (Å²) in [6.07, 6.45) is 0.865. The number of aliphatic imine (C=N–C) groups is 1. The van der Waals surface area contributed by atoms with Gasteiger partial charge in [0.1, 0.15) is 5.75 Å². The monoisotopic (exact) mass is 235 g/mol. The predicted molar refractivity (Wildman–Crippen MR) is 61.1 cm³/mol. The molecule has 17 heavy (non-hydrogen) atoms. The van der Waals surface area contributed by atoms with E-state index >= 15 is 0 Å². The molecule has 1 heterocycles. The lowest BCUT2D eigenvalue weighted by Crippen LogP contribution is -2.25. The molecule has 0 N–H and O–H groups in total. The number of ether oxygens (including phenoxy) is 3. The van der Waals surface area contributed by atoms with Crippen molar-refractivity contribution in [2.24, 2.45) is 4.99 Å². The van der Waals surface area contributed by atoms with E-state index in [4.69, 9.17) is 9.47 Å². The Hall–Kier alpha value is -2.04. The lowest BCUT2D eigenvalue weighted by Gasteiger charge is -2.15. The van der Waals surface area contributed by atoms with Gasteiger partial charge in [-0.2, -0.15) is 0 Å². The fourth-order valence-corrected chi connectivity index (χ4v) is 1.68. The highest BCUT2D eigenvalue weighted by atomic mass is 16.5. The van der Waals surface area contributed by atoms with Crippen LogP contribution in [0.15, 0.2) is 29.3 Å². The molecular formula is C12H13NO4. The fourth-order valence-electron chi connectivity index (χ4n) is 1.68. The van der Waals surface area contributed by atoms with Crippen LogP contribution in [0.1, 0.15) is 11.7 Å². The van der Waals surface area contributed by atoms with Crippen molar-refractivity contribution in [2.45, 2.75) is 12.1 Å². The molecular weight excluding hydrogens is 222 g/mol. The molecule has 0 bridgehead atoms. The first-order valence-corrected chi connectivity index (χ1v) is 5.15. The van der Waals surface area contributed by atoms with Crippen LogP contribution in [0.4, 0.5) is 0 Å². The van der Waals surface area contributed by atoms with Crippen LogP contribution in [0.5, 0.6) is 5.75 Å². The maximum absolute atomic E-state index is 11.5. The van der Waals surface area contributed by atoms with E-state index < -0.39 is 18.1 Å². The summed E-state index contributed by atoms with van der Waals surface area (Å²) in [6, 6.07) is 6.67. The molecule has 0 amide bonds. The average molecular weight is 235 g/mol. The highest BCUT2D eigenvalue weighted by Crippen LogP contribution is 2.28. The van der Waals surface area contributed by atoms with Gasteiger partial charge in [0.05, 0.1) is 14.2 Å². The SMILES string of the molecule is COC(=O)[C@@H]1N=CO[C@H]1c1ccc(OC)cc1. The minimum atomic E-state index is -0.631. The summed E-state index contributed by atoms with van der Waals surface area (Å²) in [5, 5.41) is 0. The number of hydrogen-bond donors (Lipinski definition) is 0. The smallest absolute Gasteiger partial charge is 0.334 e. The molecule has 0 aromatic heterocycles. The first-order valence-electron chi connectivity index (χ1n) is 5.15. The minimum Gasteiger partial charge on any atom is -0.497 e. The summed E-state index contributed by atoms with van der Waals surface area (Å²) in [6.45, 7) is 0. The molecule has 1 aromatic rings. The van der Waals surface area contributed by atoms with Crippen molar-refractivity contribution in [3.63, 3.8) is 0 Å². The fraction of sp³-hybridized carbons (Fsp3) is 0.333. The number of hydrogen-bond acceptors (Lipinski definition) is 5. The maximum atomic E-state index is 11.5.